The molecule has 1 fully saturated rings. The lowest BCUT2D eigenvalue weighted by Gasteiger charge is -2.23. The van der Waals surface area contributed by atoms with Crippen molar-refractivity contribution in [1.82, 2.24) is 19.6 Å². The summed E-state index contributed by atoms with van der Waals surface area (Å²) in [4.78, 5) is 12.2. The summed E-state index contributed by atoms with van der Waals surface area (Å²) in [5.74, 6) is 1.47. The maximum atomic E-state index is 4.98. The second-order valence-corrected chi connectivity index (χ2v) is 8.41. The highest BCUT2D eigenvalue weighted by Crippen LogP contribution is 2.43. The molecule has 5 nitrogen and oxygen atoms in total. The van der Waals surface area contributed by atoms with Crippen LogP contribution in [0.2, 0.25) is 0 Å². The van der Waals surface area contributed by atoms with E-state index in [1.807, 2.05) is 15.9 Å². The SMILES string of the molecule is CC1CCCc2sc3nc(NC4CCCCC4)n4ncnc4c3c21. The quantitative estimate of drug-likeness (QED) is 0.744. The molecule has 1 unspecified atom stereocenters. The molecule has 6 heteroatoms. The molecule has 2 aliphatic carbocycles. The van der Waals surface area contributed by atoms with Gasteiger partial charge in [-0.25, -0.2) is 9.97 Å². The van der Waals surface area contributed by atoms with Crippen LogP contribution in [-0.4, -0.2) is 25.6 Å². The summed E-state index contributed by atoms with van der Waals surface area (Å²) < 4.78 is 1.92. The first kappa shape index (κ1) is 14.6. The van der Waals surface area contributed by atoms with E-state index in [0.717, 1.165) is 16.4 Å². The lowest BCUT2D eigenvalue weighted by atomic mass is 9.87. The van der Waals surface area contributed by atoms with Crippen molar-refractivity contribution in [3.63, 3.8) is 0 Å². The molecule has 0 spiro atoms. The number of nitrogens with one attached hydrogen (secondary N) is 1. The molecule has 126 valence electrons. The molecule has 0 radical (unpaired) electrons. The van der Waals surface area contributed by atoms with E-state index in [9.17, 15) is 0 Å². The molecule has 1 N–H and O–H groups in total. The average molecular weight is 341 g/mol. The van der Waals surface area contributed by atoms with E-state index >= 15 is 0 Å². The molecular formula is C18H23N5S. The third-order valence-corrected chi connectivity index (χ3v) is 6.81. The van der Waals surface area contributed by atoms with Crippen molar-refractivity contribution in [1.29, 1.82) is 0 Å². The monoisotopic (exact) mass is 341 g/mol. The first-order valence-corrected chi connectivity index (χ1v) is 10.0. The van der Waals surface area contributed by atoms with Crippen LogP contribution in [0.3, 0.4) is 0 Å². The lowest BCUT2D eigenvalue weighted by molar-refractivity contribution is 0.460. The van der Waals surface area contributed by atoms with Gasteiger partial charge in [0.05, 0.1) is 5.39 Å². The van der Waals surface area contributed by atoms with Gasteiger partial charge < -0.3 is 5.32 Å². The Balaban J connectivity index is 1.67. The molecule has 2 aliphatic rings. The fourth-order valence-corrected chi connectivity index (χ4v) is 5.75. The van der Waals surface area contributed by atoms with Crippen LogP contribution < -0.4 is 5.32 Å². The molecule has 3 aromatic rings. The Morgan fingerprint density at radius 1 is 1.17 bits per heavy atom. The van der Waals surface area contributed by atoms with Crippen LogP contribution in [0.4, 0.5) is 5.95 Å². The number of rotatable bonds is 2. The van der Waals surface area contributed by atoms with Crippen LogP contribution >= 0.6 is 11.3 Å². The lowest BCUT2D eigenvalue weighted by Crippen LogP contribution is -2.24. The van der Waals surface area contributed by atoms with Crippen molar-refractivity contribution in [3.05, 3.63) is 16.8 Å². The normalized spacial score (nSPS) is 22.1. The molecule has 0 aliphatic heterocycles. The summed E-state index contributed by atoms with van der Waals surface area (Å²) in [7, 11) is 0. The maximum Gasteiger partial charge on any atom is 0.227 e. The van der Waals surface area contributed by atoms with Gasteiger partial charge in [-0.2, -0.15) is 9.61 Å². The molecule has 0 amide bonds. The van der Waals surface area contributed by atoms with Gasteiger partial charge in [-0.1, -0.05) is 26.2 Å². The number of nitrogens with zero attached hydrogens (tertiary/aromatic N) is 4. The number of aryl methyl sites for hydroxylation is 1. The van der Waals surface area contributed by atoms with E-state index in [2.05, 4.69) is 22.3 Å². The van der Waals surface area contributed by atoms with Crippen molar-refractivity contribution < 1.29 is 0 Å². The topological polar surface area (TPSA) is 55.1 Å². The van der Waals surface area contributed by atoms with Crippen molar-refractivity contribution >= 4 is 33.1 Å². The van der Waals surface area contributed by atoms with Gasteiger partial charge in [-0.3, -0.25) is 0 Å². The van der Waals surface area contributed by atoms with E-state index in [0.29, 0.717) is 12.0 Å². The largest absolute Gasteiger partial charge is 0.351 e. The maximum absolute atomic E-state index is 4.98. The number of aromatic nitrogens is 4. The van der Waals surface area contributed by atoms with Crippen LogP contribution in [0.1, 0.15) is 68.2 Å². The zero-order chi connectivity index (χ0) is 16.1. The van der Waals surface area contributed by atoms with Gasteiger partial charge in [0, 0.05) is 10.9 Å². The summed E-state index contributed by atoms with van der Waals surface area (Å²) >= 11 is 1.87. The Morgan fingerprint density at radius 2 is 2.04 bits per heavy atom. The van der Waals surface area contributed by atoms with E-state index in [4.69, 9.17) is 4.98 Å². The molecule has 0 aromatic carbocycles. The van der Waals surface area contributed by atoms with Crippen LogP contribution in [0.25, 0.3) is 15.9 Å². The van der Waals surface area contributed by atoms with Gasteiger partial charge in [-0.05, 0) is 43.6 Å². The number of fused-ring (bicyclic) bond motifs is 5. The van der Waals surface area contributed by atoms with Crippen molar-refractivity contribution in [2.75, 3.05) is 5.32 Å². The number of hydrogen-bond acceptors (Lipinski definition) is 5. The highest BCUT2D eigenvalue weighted by atomic mass is 32.1. The van der Waals surface area contributed by atoms with E-state index in [1.54, 1.807) is 6.33 Å². The third-order valence-electron chi connectivity index (χ3n) is 5.66. The Hall–Kier alpha value is -1.69. The molecular weight excluding hydrogens is 318 g/mol. The Morgan fingerprint density at radius 3 is 2.92 bits per heavy atom. The minimum Gasteiger partial charge on any atom is -0.351 e. The molecule has 0 saturated heterocycles. The minimum atomic E-state index is 0.518. The summed E-state index contributed by atoms with van der Waals surface area (Å²) in [5, 5.41) is 9.37. The second kappa shape index (κ2) is 5.69. The summed E-state index contributed by atoms with van der Waals surface area (Å²) in [6, 6.07) is 0.518. The molecule has 5 rings (SSSR count). The highest BCUT2D eigenvalue weighted by molar-refractivity contribution is 7.19. The van der Waals surface area contributed by atoms with Crippen molar-refractivity contribution in [2.24, 2.45) is 0 Å². The van der Waals surface area contributed by atoms with Gasteiger partial charge >= 0.3 is 0 Å². The first-order chi connectivity index (χ1) is 11.8. The number of anilines is 1. The van der Waals surface area contributed by atoms with Gasteiger partial charge in [-0.15, -0.1) is 11.3 Å². The number of hydrogen-bond donors (Lipinski definition) is 1. The minimum absolute atomic E-state index is 0.518. The molecule has 0 bridgehead atoms. The van der Waals surface area contributed by atoms with Gasteiger partial charge in [0.15, 0.2) is 5.65 Å². The fraction of sp³-hybridized carbons (Fsp3) is 0.611. The van der Waals surface area contributed by atoms with Crippen LogP contribution in [0, 0.1) is 0 Å². The van der Waals surface area contributed by atoms with Crippen LogP contribution in [0.5, 0.6) is 0 Å². The summed E-state index contributed by atoms with van der Waals surface area (Å²) in [5.41, 5.74) is 2.46. The molecule has 3 aromatic heterocycles. The second-order valence-electron chi connectivity index (χ2n) is 7.32. The van der Waals surface area contributed by atoms with Gasteiger partial charge in [0.25, 0.3) is 0 Å². The zero-order valence-electron chi connectivity index (χ0n) is 14.1. The fourth-order valence-electron chi connectivity index (χ4n) is 4.43. The standard InChI is InChI=1S/C18H23N5S/c1-11-6-5-9-13-14(11)15-16-19-10-20-23(16)18(22-17(15)24-13)21-12-7-3-2-4-8-12/h10-12H,2-9H2,1H3,(H,21,22). The molecule has 24 heavy (non-hydrogen) atoms. The average Bonchev–Trinajstić information content (AvgIpc) is 3.20. The smallest absolute Gasteiger partial charge is 0.227 e. The molecule has 1 saturated carbocycles. The Bertz CT molecular complexity index is 890. The first-order valence-electron chi connectivity index (χ1n) is 9.23. The Labute approximate surface area is 145 Å². The number of thiophene rings is 1. The predicted octanol–water partition coefficient (Wildman–Crippen LogP) is 4.52. The van der Waals surface area contributed by atoms with Crippen LogP contribution in [-0.2, 0) is 6.42 Å². The predicted molar refractivity (Wildman–Crippen MR) is 98.0 cm³/mol. The van der Waals surface area contributed by atoms with E-state index < -0.39 is 0 Å². The van der Waals surface area contributed by atoms with Crippen molar-refractivity contribution in [2.45, 2.75) is 70.3 Å². The van der Waals surface area contributed by atoms with E-state index in [1.165, 1.54) is 67.2 Å². The van der Waals surface area contributed by atoms with Gasteiger partial charge in [0.2, 0.25) is 5.95 Å². The Kier molecular flexibility index (Phi) is 3.47. The molecule has 3 heterocycles. The van der Waals surface area contributed by atoms with Crippen molar-refractivity contribution in [3.8, 4) is 0 Å². The van der Waals surface area contributed by atoms with Gasteiger partial charge in [0.1, 0.15) is 11.2 Å². The summed E-state index contributed by atoms with van der Waals surface area (Å²) in [6.07, 6.45) is 11.8. The highest BCUT2D eigenvalue weighted by Gasteiger charge is 2.26. The zero-order valence-corrected chi connectivity index (χ0v) is 14.9. The van der Waals surface area contributed by atoms with E-state index in [-0.39, 0.29) is 0 Å². The molecule has 1 atom stereocenters. The summed E-state index contributed by atoms with van der Waals surface area (Å²) in [6.45, 7) is 2.34. The van der Waals surface area contributed by atoms with Crippen LogP contribution in [0.15, 0.2) is 6.33 Å². The third kappa shape index (κ3) is 2.23.